The number of aliphatic imine (C=N–C) groups is 1. The summed E-state index contributed by atoms with van der Waals surface area (Å²) < 4.78 is 23.3. The molecule has 0 aromatic heterocycles. The minimum Gasteiger partial charge on any atom is -0.357 e. The average Bonchev–Trinajstić information content (AvgIpc) is 3.06. The van der Waals surface area contributed by atoms with Gasteiger partial charge in [0.25, 0.3) is 0 Å². The Bertz CT molecular complexity index is 834. The first-order valence-electron chi connectivity index (χ1n) is 9.90. The summed E-state index contributed by atoms with van der Waals surface area (Å²) in [5, 5.41) is 6.61. The van der Waals surface area contributed by atoms with E-state index in [9.17, 15) is 8.42 Å². The molecule has 0 saturated carbocycles. The Labute approximate surface area is 191 Å². The van der Waals surface area contributed by atoms with Gasteiger partial charge in [-0.2, -0.15) is 0 Å². The summed E-state index contributed by atoms with van der Waals surface area (Å²) in [4.78, 5) is 4.81. The second kappa shape index (κ2) is 11.5. The lowest BCUT2D eigenvalue weighted by Gasteiger charge is -2.18. The molecule has 1 aliphatic heterocycles. The zero-order chi connectivity index (χ0) is 19.8. The lowest BCUT2D eigenvalue weighted by Crippen LogP contribution is -2.40. The van der Waals surface area contributed by atoms with Crippen LogP contribution in [0, 0.1) is 5.92 Å². The Balaban J connectivity index is 0.00000300. The zero-order valence-electron chi connectivity index (χ0n) is 16.8. The smallest absolute Gasteiger partial charge is 0.191 e. The summed E-state index contributed by atoms with van der Waals surface area (Å²) in [6.45, 7) is 4.04. The number of nitrogens with zero attached hydrogens (tertiary/aromatic N) is 1. The second-order valence-corrected chi connectivity index (χ2v) is 9.47. The van der Waals surface area contributed by atoms with E-state index in [0.29, 0.717) is 18.8 Å². The number of benzene rings is 2. The predicted molar refractivity (Wildman–Crippen MR) is 131 cm³/mol. The number of hydrogen-bond acceptors (Lipinski definition) is 3. The maximum Gasteiger partial charge on any atom is 0.191 e. The van der Waals surface area contributed by atoms with Gasteiger partial charge < -0.3 is 10.6 Å². The molecule has 0 spiro atoms. The van der Waals surface area contributed by atoms with E-state index in [2.05, 4.69) is 59.2 Å². The van der Waals surface area contributed by atoms with Crippen molar-refractivity contribution in [1.82, 2.24) is 10.6 Å². The van der Waals surface area contributed by atoms with Gasteiger partial charge in [0.1, 0.15) is 0 Å². The van der Waals surface area contributed by atoms with Crippen molar-refractivity contribution in [2.24, 2.45) is 10.9 Å². The fraction of sp³-hybridized carbons (Fsp3) is 0.409. The highest BCUT2D eigenvalue weighted by atomic mass is 127. The number of halogens is 1. The van der Waals surface area contributed by atoms with Gasteiger partial charge in [0.2, 0.25) is 0 Å². The second-order valence-electron chi connectivity index (χ2n) is 7.24. The van der Waals surface area contributed by atoms with E-state index in [1.807, 2.05) is 19.1 Å². The van der Waals surface area contributed by atoms with Crippen LogP contribution in [0.15, 0.2) is 65.7 Å². The van der Waals surface area contributed by atoms with Crippen LogP contribution in [0.1, 0.15) is 30.4 Å². The minimum absolute atomic E-state index is 0. The van der Waals surface area contributed by atoms with Crippen LogP contribution in [0.3, 0.4) is 0 Å². The molecule has 158 valence electrons. The third-order valence-electron chi connectivity index (χ3n) is 5.07. The quantitative estimate of drug-likeness (QED) is 0.329. The molecule has 2 aromatic carbocycles. The summed E-state index contributed by atoms with van der Waals surface area (Å²) in [6, 6.07) is 20.8. The highest BCUT2D eigenvalue weighted by Gasteiger charge is 2.27. The van der Waals surface area contributed by atoms with E-state index < -0.39 is 9.84 Å². The van der Waals surface area contributed by atoms with Crippen LogP contribution in [0.25, 0.3) is 0 Å². The summed E-state index contributed by atoms with van der Waals surface area (Å²) in [5.41, 5.74) is 2.46. The molecular formula is C22H30IN3O2S. The Hall–Kier alpha value is -1.61. The van der Waals surface area contributed by atoms with Gasteiger partial charge in [0.05, 0.1) is 18.1 Å². The molecule has 1 heterocycles. The van der Waals surface area contributed by atoms with Crippen molar-refractivity contribution in [1.29, 1.82) is 0 Å². The molecule has 1 unspecified atom stereocenters. The first-order valence-corrected chi connectivity index (χ1v) is 11.7. The van der Waals surface area contributed by atoms with E-state index in [1.54, 1.807) is 0 Å². The average molecular weight is 527 g/mol. The highest BCUT2D eigenvalue weighted by Crippen LogP contribution is 2.24. The Kier molecular flexibility index (Phi) is 9.42. The third kappa shape index (κ3) is 7.29. The number of nitrogens with one attached hydrogen (secondary N) is 2. The number of rotatable bonds is 7. The zero-order valence-corrected chi connectivity index (χ0v) is 19.9. The molecule has 0 aliphatic carbocycles. The van der Waals surface area contributed by atoms with E-state index in [1.165, 1.54) is 11.1 Å². The molecule has 7 heteroatoms. The fourth-order valence-corrected chi connectivity index (χ4v) is 5.43. The maximum absolute atomic E-state index is 11.7. The number of guanidine groups is 1. The molecule has 2 N–H and O–H groups in total. The molecule has 2 aromatic rings. The van der Waals surface area contributed by atoms with Gasteiger partial charge in [-0.15, -0.1) is 24.0 Å². The molecule has 0 amide bonds. The Morgan fingerprint density at radius 3 is 2.10 bits per heavy atom. The molecule has 1 atom stereocenters. The summed E-state index contributed by atoms with van der Waals surface area (Å²) in [7, 11) is -2.85. The maximum atomic E-state index is 11.7. The van der Waals surface area contributed by atoms with E-state index in [0.717, 1.165) is 18.9 Å². The largest absolute Gasteiger partial charge is 0.357 e. The van der Waals surface area contributed by atoms with Crippen LogP contribution < -0.4 is 10.6 Å². The van der Waals surface area contributed by atoms with Crippen LogP contribution in [-0.2, 0) is 9.84 Å². The van der Waals surface area contributed by atoms with E-state index in [-0.39, 0.29) is 41.6 Å². The first kappa shape index (κ1) is 23.7. The van der Waals surface area contributed by atoms with E-state index >= 15 is 0 Å². The van der Waals surface area contributed by atoms with Crippen molar-refractivity contribution in [3.05, 3.63) is 71.8 Å². The van der Waals surface area contributed by atoms with Crippen LogP contribution in [0.2, 0.25) is 0 Å². The van der Waals surface area contributed by atoms with Crippen molar-refractivity contribution < 1.29 is 8.42 Å². The van der Waals surface area contributed by atoms with Crippen molar-refractivity contribution in [2.75, 3.05) is 31.1 Å². The first-order chi connectivity index (χ1) is 13.6. The van der Waals surface area contributed by atoms with Crippen LogP contribution in [0.5, 0.6) is 0 Å². The summed E-state index contributed by atoms with van der Waals surface area (Å²) >= 11 is 0. The SMILES string of the molecule is CCNC(=NCC(c1ccccc1)c1ccccc1)NCC1CCS(=O)(=O)C1.I. The molecule has 0 radical (unpaired) electrons. The van der Waals surface area contributed by atoms with E-state index in [4.69, 9.17) is 4.99 Å². The highest BCUT2D eigenvalue weighted by molar-refractivity contribution is 14.0. The van der Waals surface area contributed by atoms with Gasteiger partial charge in [-0.25, -0.2) is 8.42 Å². The summed E-state index contributed by atoms with van der Waals surface area (Å²) in [5.74, 6) is 1.65. The monoisotopic (exact) mass is 527 g/mol. The van der Waals surface area contributed by atoms with Crippen molar-refractivity contribution >= 4 is 39.8 Å². The number of hydrogen-bond donors (Lipinski definition) is 2. The molecule has 1 saturated heterocycles. The lowest BCUT2D eigenvalue weighted by atomic mass is 9.91. The van der Waals surface area contributed by atoms with Gasteiger partial charge in [-0.05, 0) is 30.4 Å². The molecule has 5 nitrogen and oxygen atoms in total. The topological polar surface area (TPSA) is 70.6 Å². The predicted octanol–water partition coefficient (Wildman–Crippen LogP) is 3.43. The van der Waals surface area contributed by atoms with Crippen LogP contribution in [-0.4, -0.2) is 45.5 Å². The van der Waals surface area contributed by atoms with Gasteiger partial charge in [-0.3, -0.25) is 4.99 Å². The third-order valence-corrected chi connectivity index (χ3v) is 6.90. The molecule has 0 bridgehead atoms. The van der Waals surface area contributed by atoms with Crippen molar-refractivity contribution in [2.45, 2.75) is 19.3 Å². The standard InChI is InChI=1S/C22H29N3O2S.HI/c1-2-23-22(24-15-18-13-14-28(26,27)17-18)25-16-21(19-9-5-3-6-10-19)20-11-7-4-8-12-20;/h3-12,18,21H,2,13-17H2,1H3,(H2,23,24,25);1H. The fourth-order valence-electron chi connectivity index (χ4n) is 3.57. The van der Waals surface area contributed by atoms with Gasteiger partial charge >= 0.3 is 0 Å². The van der Waals surface area contributed by atoms with Crippen molar-refractivity contribution in [3.8, 4) is 0 Å². The molecule has 1 aliphatic rings. The minimum atomic E-state index is -2.85. The Morgan fingerprint density at radius 2 is 1.62 bits per heavy atom. The van der Waals surface area contributed by atoms with Crippen molar-refractivity contribution in [3.63, 3.8) is 0 Å². The number of sulfone groups is 1. The van der Waals surface area contributed by atoms with Gasteiger partial charge in [-0.1, -0.05) is 60.7 Å². The molecule has 3 rings (SSSR count). The normalized spacial score (nSPS) is 18.3. The van der Waals surface area contributed by atoms with Gasteiger partial charge in [0, 0.05) is 19.0 Å². The molecule has 1 fully saturated rings. The van der Waals surface area contributed by atoms with Crippen LogP contribution in [0.4, 0.5) is 0 Å². The Morgan fingerprint density at radius 1 is 1.03 bits per heavy atom. The van der Waals surface area contributed by atoms with Gasteiger partial charge in [0.15, 0.2) is 15.8 Å². The molecular weight excluding hydrogens is 497 g/mol. The van der Waals surface area contributed by atoms with Crippen LogP contribution >= 0.6 is 24.0 Å². The lowest BCUT2D eigenvalue weighted by molar-refractivity contribution is 0.567. The molecule has 29 heavy (non-hydrogen) atoms. The summed E-state index contributed by atoms with van der Waals surface area (Å²) in [6.07, 6.45) is 0.728.